The van der Waals surface area contributed by atoms with Crippen LogP contribution in [0.5, 0.6) is 0 Å². The third kappa shape index (κ3) is 5.05. The zero-order valence-corrected chi connectivity index (χ0v) is 15.2. The van der Waals surface area contributed by atoms with Crippen molar-refractivity contribution in [2.45, 2.75) is 52.1 Å². The maximum absolute atomic E-state index is 12.3. The first-order chi connectivity index (χ1) is 11.7. The molecule has 0 bridgehead atoms. The Kier molecular flexibility index (Phi) is 5.82. The number of piperidine rings is 1. The predicted octanol–water partition coefficient (Wildman–Crippen LogP) is 3.50. The van der Waals surface area contributed by atoms with E-state index in [1.54, 1.807) is 39.8 Å². The number of likely N-dealkylation sites (tertiary alicyclic amines) is 1. The number of carbonyl (C=O) groups excluding carboxylic acids is 3. The number of amides is 2. The van der Waals surface area contributed by atoms with Crippen LogP contribution in [0, 0.1) is 0 Å². The zero-order valence-electron chi connectivity index (χ0n) is 15.2. The van der Waals surface area contributed by atoms with Crippen LogP contribution in [0.2, 0.25) is 0 Å². The van der Waals surface area contributed by atoms with Gasteiger partial charge in [-0.3, -0.25) is 4.79 Å². The SMILES string of the molecule is CCOC(=O)c1ccc(C2CCN(C(=O)OC(C)(C)C)C(=O)C2)cc1. The Balaban J connectivity index is 1.99. The van der Waals surface area contributed by atoms with E-state index in [-0.39, 0.29) is 24.2 Å². The van der Waals surface area contributed by atoms with E-state index in [9.17, 15) is 14.4 Å². The van der Waals surface area contributed by atoms with Gasteiger partial charge in [-0.2, -0.15) is 0 Å². The summed E-state index contributed by atoms with van der Waals surface area (Å²) < 4.78 is 10.2. The third-order valence-corrected chi connectivity index (χ3v) is 3.93. The second-order valence-electron chi connectivity index (χ2n) is 7.06. The van der Waals surface area contributed by atoms with Crippen LogP contribution in [0.4, 0.5) is 4.79 Å². The Hall–Kier alpha value is -2.37. The highest BCUT2D eigenvalue weighted by molar-refractivity contribution is 5.93. The number of imide groups is 1. The molecule has 0 aliphatic carbocycles. The predicted molar refractivity (Wildman–Crippen MR) is 92.3 cm³/mol. The van der Waals surface area contributed by atoms with Crippen molar-refractivity contribution in [1.82, 2.24) is 4.90 Å². The lowest BCUT2D eigenvalue weighted by molar-refractivity contribution is -0.132. The molecule has 2 amide bonds. The van der Waals surface area contributed by atoms with Gasteiger partial charge in [-0.1, -0.05) is 12.1 Å². The van der Waals surface area contributed by atoms with E-state index in [4.69, 9.17) is 9.47 Å². The standard InChI is InChI=1S/C19H25NO5/c1-5-24-17(22)14-8-6-13(7-9-14)15-10-11-20(16(21)12-15)18(23)25-19(2,3)4/h6-9,15H,5,10-12H2,1-4H3. The molecule has 6 heteroatoms. The number of hydrogen-bond acceptors (Lipinski definition) is 5. The highest BCUT2D eigenvalue weighted by atomic mass is 16.6. The second kappa shape index (κ2) is 7.68. The average Bonchev–Trinajstić information content (AvgIpc) is 2.53. The summed E-state index contributed by atoms with van der Waals surface area (Å²) in [5.41, 5.74) is 0.838. The smallest absolute Gasteiger partial charge is 0.417 e. The Morgan fingerprint density at radius 2 is 1.84 bits per heavy atom. The minimum atomic E-state index is -0.628. The summed E-state index contributed by atoms with van der Waals surface area (Å²) in [6.07, 6.45) is 0.329. The van der Waals surface area contributed by atoms with Crippen molar-refractivity contribution in [2.24, 2.45) is 0 Å². The molecular weight excluding hydrogens is 322 g/mol. The van der Waals surface area contributed by atoms with E-state index in [2.05, 4.69) is 0 Å². The molecule has 2 rings (SSSR count). The van der Waals surface area contributed by atoms with E-state index in [1.807, 2.05) is 12.1 Å². The van der Waals surface area contributed by atoms with Crippen molar-refractivity contribution in [2.75, 3.05) is 13.2 Å². The monoisotopic (exact) mass is 347 g/mol. The quantitative estimate of drug-likeness (QED) is 0.783. The highest BCUT2D eigenvalue weighted by Crippen LogP contribution is 2.29. The van der Waals surface area contributed by atoms with Gasteiger partial charge in [0, 0.05) is 13.0 Å². The summed E-state index contributed by atoms with van der Waals surface area (Å²) >= 11 is 0. The fourth-order valence-corrected chi connectivity index (χ4v) is 2.73. The maximum atomic E-state index is 12.3. The maximum Gasteiger partial charge on any atom is 0.417 e. The number of nitrogens with zero attached hydrogens (tertiary/aromatic N) is 1. The van der Waals surface area contributed by atoms with Crippen LogP contribution in [0.3, 0.4) is 0 Å². The van der Waals surface area contributed by atoms with Crippen molar-refractivity contribution in [3.63, 3.8) is 0 Å². The van der Waals surface area contributed by atoms with Gasteiger partial charge in [-0.05, 0) is 57.7 Å². The van der Waals surface area contributed by atoms with Crippen molar-refractivity contribution >= 4 is 18.0 Å². The number of hydrogen-bond donors (Lipinski definition) is 0. The Labute approximate surface area is 148 Å². The van der Waals surface area contributed by atoms with Crippen molar-refractivity contribution < 1.29 is 23.9 Å². The summed E-state index contributed by atoms with van der Waals surface area (Å²) in [4.78, 5) is 37.3. The van der Waals surface area contributed by atoms with Gasteiger partial charge in [-0.25, -0.2) is 14.5 Å². The van der Waals surface area contributed by atoms with Crippen molar-refractivity contribution in [1.29, 1.82) is 0 Å². The van der Waals surface area contributed by atoms with Crippen LogP contribution in [0.25, 0.3) is 0 Å². The molecule has 0 saturated carbocycles. The number of rotatable bonds is 3. The van der Waals surface area contributed by atoms with Crippen molar-refractivity contribution in [3.8, 4) is 0 Å². The molecule has 1 saturated heterocycles. The third-order valence-electron chi connectivity index (χ3n) is 3.93. The molecule has 25 heavy (non-hydrogen) atoms. The first-order valence-corrected chi connectivity index (χ1v) is 8.51. The van der Waals surface area contributed by atoms with Gasteiger partial charge < -0.3 is 9.47 Å². The molecule has 0 aromatic heterocycles. The Bertz CT molecular complexity index is 645. The van der Waals surface area contributed by atoms with E-state index in [0.717, 1.165) is 5.56 Å². The molecule has 6 nitrogen and oxygen atoms in total. The number of esters is 1. The molecule has 0 spiro atoms. The second-order valence-corrected chi connectivity index (χ2v) is 7.06. The van der Waals surface area contributed by atoms with Gasteiger partial charge in [0.2, 0.25) is 5.91 Å². The minimum absolute atomic E-state index is 0.0300. The summed E-state index contributed by atoms with van der Waals surface area (Å²) in [5, 5.41) is 0. The average molecular weight is 347 g/mol. The molecule has 1 aromatic carbocycles. The topological polar surface area (TPSA) is 72.9 Å². The fourth-order valence-electron chi connectivity index (χ4n) is 2.73. The van der Waals surface area contributed by atoms with Gasteiger partial charge in [-0.15, -0.1) is 0 Å². The number of carbonyl (C=O) groups is 3. The molecule has 0 N–H and O–H groups in total. The van der Waals surface area contributed by atoms with Crippen LogP contribution in [0.15, 0.2) is 24.3 Å². The molecule has 136 valence electrons. The molecule has 1 aliphatic heterocycles. The molecule has 0 radical (unpaired) electrons. The molecule has 1 atom stereocenters. The number of ether oxygens (including phenoxy) is 2. The van der Waals surface area contributed by atoms with Crippen LogP contribution in [-0.2, 0) is 14.3 Å². The molecular formula is C19H25NO5. The zero-order chi connectivity index (χ0) is 18.6. The largest absolute Gasteiger partial charge is 0.462 e. The normalized spacial score (nSPS) is 18.0. The minimum Gasteiger partial charge on any atom is -0.462 e. The van der Waals surface area contributed by atoms with Gasteiger partial charge in [0.1, 0.15) is 5.60 Å². The lowest BCUT2D eigenvalue weighted by Crippen LogP contribution is -2.44. The van der Waals surface area contributed by atoms with E-state index >= 15 is 0 Å². The van der Waals surface area contributed by atoms with E-state index < -0.39 is 11.7 Å². The fraction of sp³-hybridized carbons (Fsp3) is 0.526. The molecule has 1 unspecified atom stereocenters. The summed E-state index contributed by atoms with van der Waals surface area (Å²) in [6, 6.07) is 7.09. The van der Waals surface area contributed by atoms with E-state index in [1.165, 1.54) is 4.90 Å². The Morgan fingerprint density at radius 3 is 2.36 bits per heavy atom. The first-order valence-electron chi connectivity index (χ1n) is 8.51. The highest BCUT2D eigenvalue weighted by Gasteiger charge is 2.33. The van der Waals surface area contributed by atoms with Gasteiger partial charge in [0.15, 0.2) is 0 Å². The molecule has 1 fully saturated rings. The van der Waals surface area contributed by atoms with Gasteiger partial charge in [0.05, 0.1) is 12.2 Å². The Morgan fingerprint density at radius 1 is 1.20 bits per heavy atom. The molecule has 1 aliphatic rings. The number of benzene rings is 1. The van der Waals surface area contributed by atoms with Crippen molar-refractivity contribution in [3.05, 3.63) is 35.4 Å². The summed E-state index contributed by atoms with van der Waals surface area (Å²) in [5.74, 6) is -0.563. The molecule has 1 heterocycles. The van der Waals surface area contributed by atoms with Crippen LogP contribution in [-0.4, -0.2) is 41.6 Å². The van der Waals surface area contributed by atoms with Gasteiger partial charge in [0.25, 0.3) is 0 Å². The van der Waals surface area contributed by atoms with E-state index in [0.29, 0.717) is 25.1 Å². The van der Waals surface area contributed by atoms with Crippen LogP contribution >= 0.6 is 0 Å². The lowest BCUT2D eigenvalue weighted by atomic mass is 9.88. The van der Waals surface area contributed by atoms with Crippen LogP contribution < -0.4 is 0 Å². The first kappa shape index (κ1) is 19.0. The lowest BCUT2D eigenvalue weighted by Gasteiger charge is -2.32. The summed E-state index contributed by atoms with van der Waals surface area (Å²) in [7, 11) is 0. The van der Waals surface area contributed by atoms with Crippen LogP contribution in [0.1, 0.15) is 62.4 Å². The molecule has 1 aromatic rings. The van der Waals surface area contributed by atoms with Gasteiger partial charge >= 0.3 is 12.1 Å². The summed E-state index contributed by atoms with van der Waals surface area (Å²) in [6.45, 7) is 7.74.